The molecule has 1 saturated carbocycles. The summed E-state index contributed by atoms with van der Waals surface area (Å²) in [4.78, 5) is 0. The molecule has 1 fully saturated rings. The molecular weight excluding hydrogens is 146 g/mol. The van der Waals surface area contributed by atoms with Gasteiger partial charge in [0.25, 0.3) is 0 Å². The van der Waals surface area contributed by atoms with Crippen molar-refractivity contribution in [2.75, 3.05) is 13.1 Å². The van der Waals surface area contributed by atoms with E-state index in [-0.39, 0.29) is 0 Å². The van der Waals surface area contributed by atoms with Crippen molar-refractivity contribution in [3.8, 4) is 0 Å². The smallest absolute Gasteiger partial charge is 0.0159 e. The lowest BCUT2D eigenvalue weighted by atomic mass is 9.98. The molecule has 70 valence electrons. The number of hydrogen-bond acceptors (Lipinski definition) is 1. The Hall–Kier alpha value is -0.300. The molecule has 2 unspecified atom stereocenters. The van der Waals surface area contributed by atoms with E-state index in [1.807, 2.05) is 0 Å². The molecule has 1 nitrogen and oxygen atoms in total. The molecule has 1 N–H and O–H groups in total. The zero-order valence-electron chi connectivity index (χ0n) is 8.40. The van der Waals surface area contributed by atoms with Crippen LogP contribution in [0.1, 0.15) is 33.1 Å². The third kappa shape index (κ3) is 2.98. The van der Waals surface area contributed by atoms with Crippen LogP contribution in [0.25, 0.3) is 0 Å². The quantitative estimate of drug-likeness (QED) is 0.635. The van der Waals surface area contributed by atoms with Crippen LogP contribution in [0.3, 0.4) is 0 Å². The Bertz CT molecular complexity index is 151. The van der Waals surface area contributed by atoms with Gasteiger partial charge < -0.3 is 5.32 Å². The van der Waals surface area contributed by atoms with E-state index in [2.05, 4.69) is 25.7 Å². The summed E-state index contributed by atoms with van der Waals surface area (Å²) >= 11 is 0. The second kappa shape index (κ2) is 4.66. The van der Waals surface area contributed by atoms with Gasteiger partial charge in [-0.2, -0.15) is 0 Å². The van der Waals surface area contributed by atoms with Crippen molar-refractivity contribution in [2.45, 2.75) is 33.1 Å². The summed E-state index contributed by atoms with van der Waals surface area (Å²) in [7, 11) is 0. The molecule has 1 rings (SSSR count). The highest BCUT2D eigenvalue weighted by molar-refractivity contribution is 4.91. The summed E-state index contributed by atoms with van der Waals surface area (Å²) in [6.07, 6.45) is 4.28. The van der Waals surface area contributed by atoms with Gasteiger partial charge in [-0.25, -0.2) is 0 Å². The second-order valence-electron chi connectivity index (χ2n) is 4.26. The molecule has 0 aromatic carbocycles. The molecule has 1 aliphatic rings. The Morgan fingerprint density at radius 1 is 1.50 bits per heavy atom. The fraction of sp³-hybridized carbons (Fsp3) is 0.818. The molecule has 0 heterocycles. The average Bonchev–Trinajstić information content (AvgIpc) is 2.36. The van der Waals surface area contributed by atoms with Crippen LogP contribution in [0.5, 0.6) is 0 Å². The van der Waals surface area contributed by atoms with Gasteiger partial charge >= 0.3 is 0 Å². The molecule has 0 spiro atoms. The summed E-state index contributed by atoms with van der Waals surface area (Å²) in [5.41, 5.74) is 1.24. The Labute approximate surface area is 76.2 Å². The van der Waals surface area contributed by atoms with Gasteiger partial charge in [-0.05, 0) is 31.7 Å². The summed E-state index contributed by atoms with van der Waals surface area (Å²) in [5, 5.41) is 3.46. The van der Waals surface area contributed by atoms with E-state index in [1.54, 1.807) is 0 Å². The Morgan fingerprint density at radius 3 is 2.75 bits per heavy atom. The highest BCUT2D eigenvalue weighted by atomic mass is 14.9. The first-order valence-electron chi connectivity index (χ1n) is 5.05. The minimum Gasteiger partial charge on any atom is -0.313 e. The maximum Gasteiger partial charge on any atom is 0.0159 e. The van der Waals surface area contributed by atoms with Gasteiger partial charge in [0.05, 0.1) is 0 Å². The molecule has 0 amide bonds. The fourth-order valence-corrected chi connectivity index (χ4v) is 2.00. The molecule has 0 aromatic heterocycles. The van der Waals surface area contributed by atoms with Crippen LogP contribution >= 0.6 is 0 Å². The van der Waals surface area contributed by atoms with E-state index in [0.717, 1.165) is 18.4 Å². The molecule has 12 heavy (non-hydrogen) atoms. The lowest BCUT2D eigenvalue weighted by Gasteiger charge is -2.15. The Kier molecular flexibility index (Phi) is 3.80. The van der Waals surface area contributed by atoms with E-state index in [9.17, 15) is 0 Å². The van der Waals surface area contributed by atoms with Crippen molar-refractivity contribution in [3.05, 3.63) is 12.2 Å². The third-order valence-electron chi connectivity index (χ3n) is 2.87. The van der Waals surface area contributed by atoms with E-state index in [4.69, 9.17) is 0 Å². The van der Waals surface area contributed by atoms with Crippen LogP contribution in [0.4, 0.5) is 0 Å². The summed E-state index contributed by atoms with van der Waals surface area (Å²) in [6.45, 7) is 10.5. The number of hydrogen-bond donors (Lipinski definition) is 1. The van der Waals surface area contributed by atoms with Crippen LogP contribution in [-0.2, 0) is 0 Å². The van der Waals surface area contributed by atoms with Crippen molar-refractivity contribution >= 4 is 0 Å². The van der Waals surface area contributed by atoms with Gasteiger partial charge in [0.2, 0.25) is 0 Å². The van der Waals surface area contributed by atoms with Gasteiger partial charge in [-0.1, -0.05) is 31.9 Å². The molecule has 0 radical (unpaired) electrons. The van der Waals surface area contributed by atoms with Gasteiger partial charge in [0.1, 0.15) is 0 Å². The number of nitrogens with one attached hydrogen (secondary N) is 1. The van der Waals surface area contributed by atoms with E-state index >= 15 is 0 Å². The maximum atomic E-state index is 3.88. The monoisotopic (exact) mass is 167 g/mol. The molecule has 1 aliphatic carbocycles. The lowest BCUT2D eigenvalue weighted by Crippen LogP contribution is -2.25. The molecule has 0 saturated heterocycles. The maximum absolute atomic E-state index is 3.88. The van der Waals surface area contributed by atoms with Crippen LogP contribution in [0.2, 0.25) is 0 Å². The summed E-state index contributed by atoms with van der Waals surface area (Å²) in [6, 6.07) is 0. The molecule has 2 atom stereocenters. The second-order valence-corrected chi connectivity index (χ2v) is 4.26. The van der Waals surface area contributed by atoms with Crippen LogP contribution in [-0.4, -0.2) is 13.1 Å². The Morgan fingerprint density at radius 2 is 2.25 bits per heavy atom. The van der Waals surface area contributed by atoms with Crippen molar-refractivity contribution in [1.82, 2.24) is 5.32 Å². The SMILES string of the molecule is C=C(C)CNCC1CCCC1C. The molecule has 1 heteroatoms. The van der Waals surface area contributed by atoms with Crippen LogP contribution < -0.4 is 5.32 Å². The zero-order chi connectivity index (χ0) is 8.97. The van der Waals surface area contributed by atoms with Crippen molar-refractivity contribution in [1.29, 1.82) is 0 Å². The van der Waals surface area contributed by atoms with Gasteiger partial charge in [0.15, 0.2) is 0 Å². The largest absolute Gasteiger partial charge is 0.313 e. The van der Waals surface area contributed by atoms with E-state index in [0.29, 0.717) is 0 Å². The average molecular weight is 167 g/mol. The fourth-order valence-electron chi connectivity index (χ4n) is 2.00. The highest BCUT2D eigenvalue weighted by Crippen LogP contribution is 2.30. The predicted molar refractivity (Wildman–Crippen MR) is 54.2 cm³/mol. The van der Waals surface area contributed by atoms with E-state index in [1.165, 1.54) is 31.4 Å². The number of rotatable bonds is 4. The van der Waals surface area contributed by atoms with E-state index < -0.39 is 0 Å². The standard InChI is InChI=1S/C11H21N/c1-9(2)7-12-8-11-6-4-5-10(11)3/h10-12H,1,4-8H2,2-3H3. The van der Waals surface area contributed by atoms with Crippen molar-refractivity contribution in [2.24, 2.45) is 11.8 Å². The lowest BCUT2D eigenvalue weighted by molar-refractivity contribution is 0.398. The van der Waals surface area contributed by atoms with Gasteiger partial charge in [-0.15, -0.1) is 0 Å². The van der Waals surface area contributed by atoms with Crippen LogP contribution in [0.15, 0.2) is 12.2 Å². The molecule has 0 aromatic rings. The first-order chi connectivity index (χ1) is 5.70. The summed E-state index contributed by atoms with van der Waals surface area (Å²) < 4.78 is 0. The minimum absolute atomic E-state index is 0.921. The van der Waals surface area contributed by atoms with Crippen molar-refractivity contribution < 1.29 is 0 Å². The first-order valence-corrected chi connectivity index (χ1v) is 5.05. The predicted octanol–water partition coefficient (Wildman–Crippen LogP) is 2.59. The van der Waals surface area contributed by atoms with Gasteiger partial charge in [0, 0.05) is 6.54 Å². The molecule has 0 bridgehead atoms. The zero-order valence-corrected chi connectivity index (χ0v) is 8.40. The van der Waals surface area contributed by atoms with Crippen molar-refractivity contribution in [3.63, 3.8) is 0 Å². The van der Waals surface area contributed by atoms with Gasteiger partial charge in [-0.3, -0.25) is 0 Å². The molecular formula is C11H21N. The minimum atomic E-state index is 0.921. The first kappa shape index (κ1) is 9.79. The molecule has 0 aliphatic heterocycles. The topological polar surface area (TPSA) is 12.0 Å². The summed E-state index contributed by atoms with van der Waals surface area (Å²) in [5.74, 6) is 1.85. The van der Waals surface area contributed by atoms with Crippen LogP contribution in [0, 0.1) is 11.8 Å². The highest BCUT2D eigenvalue weighted by Gasteiger charge is 2.22. The Balaban J connectivity index is 2.10. The third-order valence-corrected chi connectivity index (χ3v) is 2.87. The normalized spacial score (nSPS) is 29.2.